The van der Waals surface area contributed by atoms with E-state index in [2.05, 4.69) is 15.9 Å². The Hall–Kier alpha value is -1.47. The summed E-state index contributed by atoms with van der Waals surface area (Å²) in [6.07, 6.45) is 0. The Kier molecular flexibility index (Phi) is 3.63. The van der Waals surface area contributed by atoms with Crippen molar-refractivity contribution in [1.29, 1.82) is 0 Å². The van der Waals surface area contributed by atoms with E-state index in [1.54, 1.807) is 6.07 Å². The fourth-order valence-corrected chi connectivity index (χ4v) is 2.47. The molecule has 0 bridgehead atoms. The SMILES string of the molecule is COc1c(Br)cc2c(c1C(CN)C(=O)O)OCO2. The van der Waals surface area contributed by atoms with Crippen LogP contribution in [0, 0.1) is 0 Å². The molecule has 0 fully saturated rings. The van der Waals surface area contributed by atoms with Crippen molar-refractivity contribution < 1.29 is 24.1 Å². The summed E-state index contributed by atoms with van der Waals surface area (Å²) in [5.41, 5.74) is 5.92. The van der Waals surface area contributed by atoms with Crippen LogP contribution in [0.5, 0.6) is 17.2 Å². The zero-order valence-electron chi connectivity index (χ0n) is 9.60. The molecule has 1 aliphatic heterocycles. The van der Waals surface area contributed by atoms with Gasteiger partial charge in [0.25, 0.3) is 0 Å². The summed E-state index contributed by atoms with van der Waals surface area (Å²) in [6, 6.07) is 1.68. The highest BCUT2D eigenvalue weighted by atomic mass is 79.9. The summed E-state index contributed by atoms with van der Waals surface area (Å²) in [4.78, 5) is 11.3. The van der Waals surface area contributed by atoms with Crippen molar-refractivity contribution in [2.24, 2.45) is 5.73 Å². The van der Waals surface area contributed by atoms with Crippen molar-refractivity contribution in [2.75, 3.05) is 20.4 Å². The molecule has 1 heterocycles. The van der Waals surface area contributed by atoms with Crippen LogP contribution < -0.4 is 19.9 Å². The fourth-order valence-electron chi connectivity index (χ4n) is 1.88. The highest BCUT2D eigenvalue weighted by Gasteiger charge is 2.32. The quantitative estimate of drug-likeness (QED) is 0.870. The van der Waals surface area contributed by atoms with Gasteiger partial charge in [-0.2, -0.15) is 0 Å². The third-order valence-corrected chi connectivity index (χ3v) is 3.28. The van der Waals surface area contributed by atoms with Crippen LogP contribution in [0.3, 0.4) is 0 Å². The number of fused-ring (bicyclic) bond motifs is 1. The Labute approximate surface area is 112 Å². The number of carbonyl (C=O) groups is 1. The zero-order chi connectivity index (χ0) is 13.3. The number of halogens is 1. The van der Waals surface area contributed by atoms with Gasteiger partial charge in [-0.3, -0.25) is 4.79 Å². The summed E-state index contributed by atoms with van der Waals surface area (Å²) in [5.74, 6) is -0.679. The number of hydrogen-bond acceptors (Lipinski definition) is 5. The normalized spacial score (nSPS) is 14.4. The van der Waals surface area contributed by atoms with E-state index in [1.807, 2.05) is 0 Å². The molecule has 0 radical (unpaired) electrons. The Balaban J connectivity index is 2.66. The van der Waals surface area contributed by atoms with Crippen LogP contribution in [-0.2, 0) is 4.79 Å². The maximum atomic E-state index is 11.3. The lowest BCUT2D eigenvalue weighted by atomic mass is 9.96. The van der Waals surface area contributed by atoms with Crippen molar-refractivity contribution in [2.45, 2.75) is 5.92 Å². The molecule has 0 saturated carbocycles. The number of ether oxygens (including phenoxy) is 3. The van der Waals surface area contributed by atoms with Gasteiger partial charge in [-0.25, -0.2) is 0 Å². The molecule has 2 rings (SSSR count). The van der Waals surface area contributed by atoms with Gasteiger partial charge in [-0.15, -0.1) is 0 Å². The Morgan fingerprint density at radius 3 is 2.94 bits per heavy atom. The summed E-state index contributed by atoms with van der Waals surface area (Å²) in [6.45, 7) is -0.00318. The largest absolute Gasteiger partial charge is 0.495 e. The molecule has 0 aliphatic carbocycles. The Morgan fingerprint density at radius 1 is 1.67 bits per heavy atom. The van der Waals surface area contributed by atoms with Crippen molar-refractivity contribution in [1.82, 2.24) is 0 Å². The van der Waals surface area contributed by atoms with Crippen LogP contribution in [0.15, 0.2) is 10.5 Å². The summed E-state index contributed by atoms with van der Waals surface area (Å²) in [7, 11) is 1.46. The minimum atomic E-state index is -1.04. The Morgan fingerprint density at radius 2 is 2.39 bits per heavy atom. The van der Waals surface area contributed by atoms with E-state index in [-0.39, 0.29) is 13.3 Å². The minimum absolute atomic E-state index is 0.0544. The first-order chi connectivity index (χ1) is 8.60. The van der Waals surface area contributed by atoms with Crippen LogP contribution in [0.2, 0.25) is 0 Å². The van der Waals surface area contributed by atoms with Crippen LogP contribution in [0.25, 0.3) is 0 Å². The van der Waals surface area contributed by atoms with Gasteiger partial charge in [0.05, 0.1) is 17.1 Å². The van der Waals surface area contributed by atoms with Crippen LogP contribution >= 0.6 is 15.9 Å². The topological polar surface area (TPSA) is 91.0 Å². The molecule has 0 aromatic heterocycles. The van der Waals surface area contributed by atoms with E-state index in [4.69, 9.17) is 19.9 Å². The van der Waals surface area contributed by atoms with Gasteiger partial charge in [-0.05, 0) is 15.9 Å². The van der Waals surface area contributed by atoms with Crippen molar-refractivity contribution in [3.63, 3.8) is 0 Å². The summed E-state index contributed by atoms with van der Waals surface area (Å²) < 4.78 is 16.4. The maximum Gasteiger partial charge on any atom is 0.312 e. The molecular formula is C11H12BrNO5. The number of methoxy groups -OCH3 is 1. The lowest BCUT2D eigenvalue weighted by Crippen LogP contribution is -2.22. The maximum absolute atomic E-state index is 11.3. The average Bonchev–Trinajstić information content (AvgIpc) is 2.76. The number of carboxylic acids is 1. The van der Waals surface area contributed by atoms with E-state index in [1.165, 1.54) is 7.11 Å². The van der Waals surface area contributed by atoms with Crippen LogP contribution in [0.4, 0.5) is 0 Å². The van der Waals surface area contributed by atoms with Crippen molar-refractivity contribution >= 4 is 21.9 Å². The molecular weight excluding hydrogens is 306 g/mol. The first-order valence-electron chi connectivity index (χ1n) is 5.19. The molecule has 3 N–H and O–H groups in total. The average molecular weight is 318 g/mol. The van der Waals surface area contributed by atoms with E-state index < -0.39 is 11.9 Å². The van der Waals surface area contributed by atoms with Crippen molar-refractivity contribution in [3.05, 3.63) is 16.1 Å². The van der Waals surface area contributed by atoms with Gasteiger partial charge in [0.1, 0.15) is 11.7 Å². The molecule has 7 heteroatoms. The monoisotopic (exact) mass is 317 g/mol. The lowest BCUT2D eigenvalue weighted by Gasteiger charge is -2.17. The molecule has 1 unspecified atom stereocenters. The number of nitrogens with two attached hydrogens (primary N) is 1. The molecule has 98 valence electrons. The molecule has 0 saturated heterocycles. The smallest absolute Gasteiger partial charge is 0.312 e. The molecule has 1 atom stereocenters. The molecule has 0 amide bonds. The summed E-state index contributed by atoms with van der Waals surface area (Å²) >= 11 is 3.31. The second kappa shape index (κ2) is 5.03. The number of hydrogen-bond donors (Lipinski definition) is 2. The third kappa shape index (κ3) is 1.99. The molecule has 1 aliphatic rings. The van der Waals surface area contributed by atoms with Gasteiger partial charge < -0.3 is 25.1 Å². The zero-order valence-corrected chi connectivity index (χ0v) is 11.2. The van der Waals surface area contributed by atoms with Gasteiger partial charge in [0, 0.05) is 12.6 Å². The van der Waals surface area contributed by atoms with Gasteiger partial charge in [-0.1, -0.05) is 0 Å². The summed E-state index contributed by atoms with van der Waals surface area (Å²) in [5, 5.41) is 9.22. The van der Waals surface area contributed by atoms with Gasteiger partial charge in [0.2, 0.25) is 6.79 Å². The van der Waals surface area contributed by atoms with Gasteiger partial charge in [0.15, 0.2) is 11.5 Å². The standard InChI is InChI=1S/C11H12BrNO5/c1-16-9-6(12)2-7-10(18-4-17-7)8(9)5(3-13)11(14)15/h2,5H,3-4,13H2,1H3,(H,14,15). The third-order valence-electron chi connectivity index (χ3n) is 2.69. The number of aliphatic carboxylic acids is 1. The first kappa shape index (κ1) is 13.0. The molecule has 0 spiro atoms. The van der Waals surface area contributed by atoms with Crippen LogP contribution in [0.1, 0.15) is 11.5 Å². The Bertz CT molecular complexity index is 487. The van der Waals surface area contributed by atoms with E-state index >= 15 is 0 Å². The van der Waals surface area contributed by atoms with Crippen molar-refractivity contribution in [3.8, 4) is 17.2 Å². The number of carboxylic acid groups (broad SMARTS) is 1. The van der Waals surface area contributed by atoms with Gasteiger partial charge >= 0.3 is 5.97 Å². The number of benzene rings is 1. The van der Waals surface area contributed by atoms with E-state index in [0.717, 1.165) is 0 Å². The minimum Gasteiger partial charge on any atom is -0.495 e. The van der Waals surface area contributed by atoms with E-state index in [9.17, 15) is 9.90 Å². The number of rotatable bonds is 4. The predicted molar refractivity (Wildman–Crippen MR) is 66.2 cm³/mol. The first-order valence-corrected chi connectivity index (χ1v) is 5.98. The van der Waals surface area contributed by atoms with E-state index in [0.29, 0.717) is 27.3 Å². The molecule has 6 nitrogen and oxygen atoms in total. The molecule has 18 heavy (non-hydrogen) atoms. The molecule has 1 aromatic carbocycles. The second-order valence-electron chi connectivity index (χ2n) is 3.67. The fraction of sp³-hybridized carbons (Fsp3) is 0.364. The highest BCUT2D eigenvalue weighted by molar-refractivity contribution is 9.10. The predicted octanol–water partition coefficient (Wildman–Crippen LogP) is 1.31. The molecule has 1 aromatic rings. The lowest BCUT2D eigenvalue weighted by molar-refractivity contribution is -0.138. The van der Waals surface area contributed by atoms with Crippen LogP contribution in [-0.4, -0.2) is 31.5 Å². The highest BCUT2D eigenvalue weighted by Crippen LogP contribution is 2.48. The second-order valence-corrected chi connectivity index (χ2v) is 4.52.